The van der Waals surface area contributed by atoms with Gasteiger partial charge in [-0.2, -0.15) is 0 Å². The maximum atomic E-state index is 11.6. The molecule has 1 aliphatic heterocycles. The zero-order valence-electron chi connectivity index (χ0n) is 10.3. The van der Waals surface area contributed by atoms with E-state index in [1.54, 1.807) is 11.8 Å². The number of aromatic nitrogens is 2. The number of nitrogens with zero attached hydrogens (tertiary/aromatic N) is 3. The molecule has 1 aliphatic rings. The third-order valence-corrected chi connectivity index (χ3v) is 2.63. The summed E-state index contributed by atoms with van der Waals surface area (Å²) in [6.45, 7) is 3.05. The smallest absolute Gasteiger partial charge is 0.343 e. The molecule has 1 saturated heterocycles. The van der Waals surface area contributed by atoms with Crippen molar-refractivity contribution in [2.45, 2.75) is 6.92 Å². The van der Waals surface area contributed by atoms with Crippen LogP contribution in [0, 0.1) is 6.92 Å². The summed E-state index contributed by atoms with van der Waals surface area (Å²) in [5.41, 5.74) is 0.276. The van der Waals surface area contributed by atoms with Crippen LogP contribution in [0.5, 0.6) is 0 Å². The molecular formula is C11H14N4O3. The molecule has 0 saturated carbocycles. The second kappa shape index (κ2) is 4.99. The first-order valence-corrected chi connectivity index (χ1v) is 5.55. The lowest BCUT2D eigenvalue weighted by molar-refractivity contribution is -0.120. The van der Waals surface area contributed by atoms with Crippen LogP contribution in [-0.2, 0) is 9.53 Å². The van der Waals surface area contributed by atoms with Crippen molar-refractivity contribution in [1.29, 1.82) is 0 Å². The molecule has 2 heterocycles. The molecule has 1 fully saturated rings. The van der Waals surface area contributed by atoms with Gasteiger partial charge in [0.2, 0.25) is 5.91 Å². The van der Waals surface area contributed by atoms with Crippen LogP contribution in [0.1, 0.15) is 16.2 Å². The number of hydrogen-bond acceptors (Lipinski definition) is 6. The van der Waals surface area contributed by atoms with Crippen LogP contribution >= 0.6 is 0 Å². The first kappa shape index (κ1) is 12.3. The number of esters is 1. The molecular weight excluding hydrogens is 236 g/mol. The number of carbonyl (C=O) groups is 2. The Kier molecular flexibility index (Phi) is 3.40. The van der Waals surface area contributed by atoms with E-state index in [1.165, 1.54) is 13.3 Å². The van der Waals surface area contributed by atoms with Gasteiger partial charge in [-0.3, -0.25) is 4.79 Å². The standard InChI is InChI=1S/C11H14N4O3/c1-7-13-5-8(11(17)18-2)10(14-7)15-4-3-12-9(16)6-15/h5H,3-4,6H2,1-2H3,(H,12,16). The Bertz CT molecular complexity index is 489. The highest BCUT2D eigenvalue weighted by Crippen LogP contribution is 2.18. The van der Waals surface area contributed by atoms with Crippen molar-refractivity contribution >= 4 is 17.7 Å². The van der Waals surface area contributed by atoms with Crippen molar-refractivity contribution in [3.63, 3.8) is 0 Å². The van der Waals surface area contributed by atoms with Crippen LogP contribution in [-0.4, -0.2) is 48.6 Å². The number of amides is 1. The average Bonchev–Trinajstić information content (AvgIpc) is 2.38. The van der Waals surface area contributed by atoms with Crippen molar-refractivity contribution in [2.24, 2.45) is 0 Å². The molecule has 2 rings (SSSR count). The van der Waals surface area contributed by atoms with Crippen LogP contribution in [0.2, 0.25) is 0 Å². The highest BCUT2D eigenvalue weighted by Gasteiger charge is 2.23. The molecule has 7 heteroatoms. The quantitative estimate of drug-likeness (QED) is 0.713. The molecule has 1 N–H and O–H groups in total. The van der Waals surface area contributed by atoms with E-state index >= 15 is 0 Å². The first-order chi connectivity index (χ1) is 8.61. The van der Waals surface area contributed by atoms with Gasteiger partial charge in [0.05, 0.1) is 13.7 Å². The van der Waals surface area contributed by atoms with Crippen LogP contribution in [0.15, 0.2) is 6.20 Å². The van der Waals surface area contributed by atoms with E-state index in [1.807, 2.05) is 0 Å². The Morgan fingerprint density at radius 3 is 3.00 bits per heavy atom. The minimum absolute atomic E-state index is 0.0895. The Labute approximate surface area is 104 Å². The van der Waals surface area contributed by atoms with Crippen molar-refractivity contribution in [3.05, 3.63) is 17.6 Å². The van der Waals surface area contributed by atoms with E-state index in [0.717, 1.165) is 0 Å². The van der Waals surface area contributed by atoms with Crippen LogP contribution in [0.3, 0.4) is 0 Å². The number of aryl methyl sites for hydroxylation is 1. The van der Waals surface area contributed by atoms with Crippen molar-refractivity contribution in [3.8, 4) is 0 Å². The number of nitrogens with one attached hydrogen (secondary N) is 1. The Morgan fingerprint density at radius 1 is 1.56 bits per heavy atom. The molecule has 0 spiro atoms. The maximum absolute atomic E-state index is 11.6. The monoisotopic (exact) mass is 250 g/mol. The molecule has 0 unspecified atom stereocenters. The van der Waals surface area contributed by atoms with Gasteiger partial charge in [-0.25, -0.2) is 14.8 Å². The van der Waals surface area contributed by atoms with Crippen LogP contribution in [0.4, 0.5) is 5.82 Å². The second-order valence-electron chi connectivity index (χ2n) is 3.92. The lowest BCUT2D eigenvalue weighted by Gasteiger charge is -2.28. The lowest BCUT2D eigenvalue weighted by Crippen LogP contribution is -2.48. The minimum Gasteiger partial charge on any atom is -0.465 e. The van der Waals surface area contributed by atoms with E-state index in [4.69, 9.17) is 0 Å². The number of rotatable bonds is 2. The molecule has 0 atom stereocenters. The van der Waals surface area contributed by atoms with Gasteiger partial charge < -0.3 is 15.0 Å². The Hall–Kier alpha value is -2.18. The molecule has 0 bridgehead atoms. The molecule has 7 nitrogen and oxygen atoms in total. The predicted octanol–water partition coefficient (Wildman–Crippen LogP) is -0.492. The van der Waals surface area contributed by atoms with Crippen molar-refractivity contribution in [2.75, 3.05) is 31.6 Å². The average molecular weight is 250 g/mol. The molecule has 0 radical (unpaired) electrons. The van der Waals surface area contributed by atoms with E-state index in [0.29, 0.717) is 24.7 Å². The number of carbonyl (C=O) groups excluding carboxylic acids is 2. The largest absolute Gasteiger partial charge is 0.465 e. The normalized spacial score (nSPS) is 15.2. The number of ether oxygens (including phenoxy) is 1. The van der Waals surface area contributed by atoms with Gasteiger partial charge in [0.25, 0.3) is 0 Å². The number of methoxy groups -OCH3 is 1. The first-order valence-electron chi connectivity index (χ1n) is 5.55. The number of piperazine rings is 1. The topological polar surface area (TPSA) is 84.4 Å². The fourth-order valence-electron chi connectivity index (χ4n) is 1.77. The van der Waals surface area contributed by atoms with Gasteiger partial charge in [-0.05, 0) is 6.92 Å². The summed E-state index contributed by atoms with van der Waals surface area (Å²) in [5, 5.41) is 2.72. The predicted molar refractivity (Wildman–Crippen MR) is 63.3 cm³/mol. The van der Waals surface area contributed by atoms with Crippen molar-refractivity contribution < 1.29 is 14.3 Å². The molecule has 1 amide bonds. The third-order valence-electron chi connectivity index (χ3n) is 2.63. The molecule has 96 valence electrons. The zero-order valence-corrected chi connectivity index (χ0v) is 10.3. The summed E-state index contributed by atoms with van der Waals surface area (Å²) in [6, 6.07) is 0. The Morgan fingerprint density at radius 2 is 2.33 bits per heavy atom. The number of anilines is 1. The van der Waals surface area contributed by atoms with Gasteiger partial charge in [-0.15, -0.1) is 0 Å². The summed E-state index contributed by atoms with van der Waals surface area (Å²) >= 11 is 0. The fourth-order valence-corrected chi connectivity index (χ4v) is 1.77. The summed E-state index contributed by atoms with van der Waals surface area (Å²) in [5.74, 6) is 0.400. The second-order valence-corrected chi connectivity index (χ2v) is 3.92. The van der Waals surface area contributed by atoms with Crippen molar-refractivity contribution in [1.82, 2.24) is 15.3 Å². The molecule has 1 aromatic heterocycles. The summed E-state index contributed by atoms with van der Waals surface area (Å²) < 4.78 is 4.69. The van der Waals surface area contributed by atoms with E-state index < -0.39 is 5.97 Å². The molecule has 1 aromatic rings. The molecule has 0 aromatic carbocycles. The SMILES string of the molecule is COC(=O)c1cnc(C)nc1N1CCNC(=O)C1. The Balaban J connectivity index is 2.37. The molecule has 18 heavy (non-hydrogen) atoms. The van der Waals surface area contributed by atoms with Gasteiger partial charge in [0.15, 0.2) is 0 Å². The van der Waals surface area contributed by atoms with Gasteiger partial charge in [0, 0.05) is 19.3 Å². The van der Waals surface area contributed by atoms with Gasteiger partial charge in [0.1, 0.15) is 17.2 Å². The molecule has 0 aliphatic carbocycles. The summed E-state index contributed by atoms with van der Waals surface area (Å²) in [4.78, 5) is 33.0. The minimum atomic E-state index is -0.504. The highest BCUT2D eigenvalue weighted by atomic mass is 16.5. The van der Waals surface area contributed by atoms with Crippen LogP contribution < -0.4 is 10.2 Å². The summed E-state index contributed by atoms with van der Waals surface area (Å²) in [7, 11) is 1.30. The highest BCUT2D eigenvalue weighted by molar-refractivity contribution is 5.95. The van der Waals surface area contributed by atoms with E-state index in [-0.39, 0.29) is 18.0 Å². The van der Waals surface area contributed by atoms with Gasteiger partial charge in [-0.1, -0.05) is 0 Å². The zero-order chi connectivity index (χ0) is 13.1. The van der Waals surface area contributed by atoms with Crippen LogP contribution in [0.25, 0.3) is 0 Å². The maximum Gasteiger partial charge on any atom is 0.343 e. The number of hydrogen-bond donors (Lipinski definition) is 1. The third kappa shape index (κ3) is 2.39. The fraction of sp³-hybridized carbons (Fsp3) is 0.455. The lowest BCUT2D eigenvalue weighted by atomic mass is 10.2. The van der Waals surface area contributed by atoms with E-state index in [9.17, 15) is 9.59 Å². The van der Waals surface area contributed by atoms with Gasteiger partial charge >= 0.3 is 5.97 Å². The van der Waals surface area contributed by atoms with E-state index in [2.05, 4.69) is 20.0 Å². The summed E-state index contributed by atoms with van der Waals surface area (Å²) in [6.07, 6.45) is 1.43.